The molecular weight excluding hydrogens is 492 g/mol. The highest BCUT2D eigenvalue weighted by molar-refractivity contribution is 8.14. The number of carbonyl (C=O) groups excluding carboxylic acids is 3. The second kappa shape index (κ2) is 11.8. The molecule has 1 aliphatic heterocycles. The van der Waals surface area contributed by atoms with Crippen LogP contribution < -0.4 is 25.0 Å². The molecule has 0 atom stereocenters. The van der Waals surface area contributed by atoms with Crippen molar-refractivity contribution in [1.29, 1.82) is 0 Å². The van der Waals surface area contributed by atoms with Gasteiger partial charge in [0.05, 0.1) is 30.7 Å². The minimum atomic E-state index is -0.588. The minimum absolute atomic E-state index is 0.117. The summed E-state index contributed by atoms with van der Waals surface area (Å²) in [6, 6.07) is 11.3. The highest BCUT2D eigenvalue weighted by Crippen LogP contribution is 2.34. The lowest BCUT2D eigenvalue weighted by Crippen LogP contribution is -2.43. The number of anilines is 1. The lowest BCUT2D eigenvalue weighted by atomic mass is 10.2. The maximum atomic E-state index is 13.3. The summed E-state index contributed by atoms with van der Waals surface area (Å²) in [5.74, 6) is 0.0357. The van der Waals surface area contributed by atoms with Gasteiger partial charge in [-0.2, -0.15) is 0 Å². The Kier molecular flexibility index (Phi) is 8.78. The van der Waals surface area contributed by atoms with Gasteiger partial charge >= 0.3 is 6.03 Å². The lowest BCUT2D eigenvalue weighted by molar-refractivity contribution is -0.117. The molecule has 0 fully saturated rings. The van der Waals surface area contributed by atoms with Gasteiger partial charge in [-0.1, -0.05) is 35.5 Å². The molecule has 0 saturated heterocycles. The van der Waals surface area contributed by atoms with Crippen LogP contribution in [0.15, 0.2) is 53.2 Å². The third kappa shape index (κ3) is 6.77. The van der Waals surface area contributed by atoms with Crippen molar-refractivity contribution in [2.24, 2.45) is 4.99 Å². The summed E-state index contributed by atoms with van der Waals surface area (Å²) in [7, 11) is 3.05. The second-order valence-corrected chi connectivity index (χ2v) is 8.97. The SMILES string of the molecule is COc1ccc(C=C2N=C(SCC(=O)NC(=O)NC(C)C)N(c3ccc(Cl)c(OC)c3)C2=O)cc1. The molecule has 35 heavy (non-hydrogen) atoms. The largest absolute Gasteiger partial charge is 0.497 e. The van der Waals surface area contributed by atoms with Gasteiger partial charge in [0.15, 0.2) is 5.17 Å². The van der Waals surface area contributed by atoms with Gasteiger partial charge in [-0.05, 0) is 49.8 Å². The second-order valence-electron chi connectivity index (χ2n) is 7.62. The van der Waals surface area contributed by atoms with Crippen LogP contribution in [0.5, 0.6) is 11.5 Å². The Hall–Kier alpha value is -3.50. The van der Waals surface area contributed by atoms with Crippen LogP contribution in [-0.2, 0) is 9.59 Å². The summed E-state index contributed by atoms with van der Waals surface area (Å²) in [6.45, 7) is 3.57. The Morgan fingerprint density at radius 2 is 1.86 bits per heavy atom. The first kappa shape index (κ1) is 26.1. The molecule has 0 aromatic heterocycles. The zero-order valence-corrected chi connectivity index (χ0v) is 21.2. The first-order valence-corrected chi connectivity index (χ1v) is 11.9. The quantitative estimate of drug-likeness (QED) is 0.537. The third-order valence-electron chi connectivity index (χ3n) is 4.65. The first-order chi connectivity index (χ1) is 16.7. The molecule has 1 heterocycles. The Morgan fingerprint density at radius 1 is 1.14 bits per heavy atom. The summed E-state index contributed by atoms with van der Waals surface area (Å²) < 4.78 is 10.5. The number of imide groups is 1. The molecular formula is C24H25ClN4O5S. The van der Waals surface area contributed by atoms with Gasteiger partial charge in [0.1, 0.15) is 17.2 Å². The van der Waals surface area contributed by atoms with E-state index in [1.165, 1.54) is 12.0 Å². The summed E-state index contributed by atoms with van der Waals surface area (Å²) in [6.07, 6.45) is 1.64. The zero-order chi connectivity index (χ0) is 25.5. The number of ether oxygens (including phenoxy) is 2. The van der Waals surface area contributed by atoms with E-state index in [1.807, 2.05) is 0 Å². The number of urea groups is 1. The number of hydrogen-bond acceptors (Lipinski definition) is 7. The molecule has 2 N–H and O–H groups in total. The number of aliphatic imine (C=N–C) groups is 1. The molecule has 2 aromatic carbocycles. The fraction of sp³-hybridized carbons (Fsp3) is 0.250. The van der Waals surface area contributed by atoms with E-state index < -0.39 is 11.9 Å². The average Bonchev–Trinajstić information content (AvgIpc) is 3.12. The van der Waals surface area contributed by atoms with Gasteiger partial charge in [-0.15, -0.1) is 0 Å². The molecule has 9 nitrogen and oxygen atoms in total. The van der Waals surface area contributed by atoms with Gasteiger partial charge in [-0.3, -0.25) is 19.8 Å². The van der Waals surface area contributed by atoms with Crippen molar-refractivity contribution >= 4 is 58.1 Å². The number of halogens is 1. The van der Waals surface area contributed by atoms with Crippen LogP contribution in [-0.4, -0.2) is 49.0 Å². The Balaban J connectivity index is 1.87. The van der Waals surface area contributed by atoms with Crippen molar-refractivity contribution in [3.63, 3.8) is 0 Å². The number of amides is 4. The Bertz CT molecular complexity index is 1180. The molecule has 0 bridgehead atoms. The zero-order valence-electron chi connectivity index (χ0n) is 19.6. The topological polar surface area (TPSA) is 109 Å². The van der Waals surface area contributed by atoms with Crippen molar-refractivity contribution in [3.05, 3.63) is 58.7 Å². The van der Waals surface area contributed by atoms with E-state index in [1.54, 1.807) is 69.5 Å². The van der Waals surface area contributed by atoms with Gasteiger partial charge in [0.25, 0.3) is 5.91 Å². The standard InChI is InChI=1S/C24H25ClN4O5S/c1-14(2)26-23(32)28-21(30)13-35-24-27-19(11-15-5-8-17(33-3)9-6-15)22(31)29(24)16-7-10-18(25)20(12-16)34-4/h5-12,14H,13H2,1-4H3,(H2,26,28,30,32). The number of rotatable bonds is 7. The third-order valence-corrected chi connectivity index (χ3v) is 5.90. The fourth-order valence-electron chi connectivity index (χ4n) is 3.06. The Morgan fingerprint density at radius 3 is 2.49 bits per heavy atom. The number of nitrogens with one attached hydrogen (secondary N) is 2. The van der Waals surface area contributed by atoms with Crippen LogP contribution in [0.2, 0.25) is 5.02 Å². The number of nitrogens with zero attached hydrogens (tertiary/aromatic N) is 2. The maximum absolute atomic E-state index is 13.3. The number of hydrogen-bond donors (Lipinski definition) is 2. The van der Waals surface area contributed by atoms with Crippen LogP contribution in [0.1, 0.15) is 19.4 Å². The van der Waals surface area contributed by atoms with Crippen molar-refractivity contribution < 1.29 is 23.9 Å². The van der Waals surface area contributed by atoms with E-state index in [0.29, 0.717) is 22.2 Å². The first-order valence-electron chi connectivity index (χ1n) is 10.6. The smallest absolute Gasteiger partial charge is 0.321 e. The van der Waals surface area contributed by atoms with E-state index in [-0.39, 0.29) is 28.6 Å². The van der Waals surface area contributed by atoms with E-state index in [0.717, 1.165) is 17.3 Å². The van der Waals surface area contributed by atoms with E-state index in [4.69, 9.17) is 21.1 Å². The maximum Gasteiger partial charge on any atom is 0.321 e. The summed E-state index contributed by atoms with van der Waals surface area (Å²) in [5, 5.41) is 5.50. The van der Waals surface area contributed by atoms with Crippen molar-refractivity contribution in [2.45, 2.75) is 19.9 Å². The van der Waals surface area contributed by atoms with Crippen LogP contribution in [0.3, 0.4) is 0 Å². The summed E-state index contributed by atoms with van der Waals surface area (Å²) in [4.78, 5) is 43.3. The van der Waals surface area contributed by atoms with Gasteiger partial charge in [0, 0.05) is 12.1 Å². The molecule has 2 aromatic rings. The highest BCUT2D eigenvalue weighted by Gasteiger charge is 2.33. The molecule has 0 aliphatic carbocycles. The van der Waals surface area contributed by atoms with Gasteiger partial charge < -0.3 is 14.8 Å². The van der Waals surface area contributed by atoms with Gasteiger partial charge in [0.2, 0.25) is 5.91 Å². The molecule has 4 amide bonds. The molecule has 184 valence electrons. The molecule has 0 radical (unpaired) electrons. The van der Waals surface area contributed by atoms with Gasteiger partial charge in [-0.25, -0.2) is 9.79 Å². The number of methoxy groups -OCH3 is 2. The molecule has 3 rings (SSSR count). The summed E-state index contributed by atoms with van der Waals surface area (Å²) >= 11 is 7.17. The molecule has 0 saturated carbocycles. The number of thioether (sulfide) groups is 1. The van der Waals surface area contributed by atoms with Crippen molar-refractivity contribution in [1.82, 2.24) is 10.6 Å². The van der Waals surface area contributed by atoms with Crippen molar-refractivity contribution in [3.8, 4) is 11.5 Å². The van der Waals surface area contributed by atoms with Crippen LogP contribution >= 0.6 is 23.4 Å². The number of carbonyl (C=O) groups is 3. The predicted molar refractivity (Wildman–Crippen MR) is 138 cm³/mol. The fourth-order valence-corrected chi connectivity index (χ4v) is 4.06. The van der Waals surface area contributed by atoms with Crippen molar-refractivity contribution in [2.75, 3.05) is 24.9 Å². The predicted octanol–water partition coefficient (Wildman–Crippen LogP) is 4.07. The minimum Gasteiger partial charge on any atom is -0.497 e. The molecule has 0 spiro atoms. The number of benzene rings is 2. The molecule has 0 unspecified atom stereocenters. The van der Waals surface area contributed by atoms with E-state index in [9.17, 15) is 14.4 Å². The van der Waals surface area contributed by atoms with Crippen LogP contribution in [0.4, 0.5) is 10.5 Å². The monoisotopic (exact) mass is 516 g/mol. The van der Waals surface area contributed by atoms with Crippen LogP contribution in [0.25, 0.3) is 6.08 Å². The van der Waals surface area contributed by atoms with E-state index >= 15 is 0 Å². The molecule has 11 heteroatoms. The summed E-state index contributed by atoms with van der Waals surface area (Å²) in [5.41, 5.74) is 1.41. The highest BCUT2D eigenvalue weighted by atomic mass is 35.5. The lowest BCUT2D eigenvalue weighted by Gasteiger charge is -2.19. The number of amidine groups is 1. The average molecular weight is 517 g/mol. The normalized spacial score (nSPS) is 14.2. The van der Waals surface area contributed by atoms with Crippen LogP contribution in [0, 0.1) is 0 Å². The Labute approximate surface area is 212 Å². The molecule has 1 aliphatic rings. The van der Waals surface area contributed by atoms with E-state index in [2.05, 4.69) is 15.6 Å².